The Hall–Kier alpha value is -3.93. The van der Waals surface area contributed by atoms with Crippen LogP contribution in [0.2, 0.25) is 0 Å². The van der Waals surface area contributed by atoms with Gasteiger partial charge in [0.15, 0.2) is 0 Å². The summed E-state index contributed by atoms with van der Waals surface area (Å²) in [6, 6.07) is 24.4. The highest BCUT2D eigenvalue weighted by Gasteiger charge is 2.40. The monoisotopic (exact) mass is 497 g/mol. The van der Waals surface area contributed by atoms with Crippen molar-refractivity contribution in [2.24, 2.45) is 0 Å². The van der Waals surface area contributed by atoms with Gasteiger partial charge < -0.3 is 15.2 Å². The molecule has 0 bridgehead atoms. The lowest BCUT2D eigenvalue weighted by Gasteiger charge is -2.27. The average Bonchev–Trinajstić information content (AvgIpc) is 3.51. The van der Waals surface area contributed by atoms with Crippen molar-refractivity contribution < 1.29 is 14.0 Å². The minimum atomic E-state index is -1.23. The molecule has 2 N–H and O–H groups in total. The largest absolute Gasteiger partial charge is 0.361 e. The zero-order valence-electron chi connectivity index (χ0n) is 21.2. The predicted octanol–water partition coefficient (Wildman–Crippen LogP) is 5.68. The number of nitrogens with zero attached hydrogens (tertiary/aromatic N) is 1. The summed E-state index contributed by atoms with van der Waals surface area (Å²) >= 11 is 0. The Balaban J connectivity index is 1.37. The van der Waals surface area contributed by atoms with E-state index in [-0.39, 0.29) is 31.2 Å². The van der Waals surface area contributed by atoms with Crippen LogP contribution in [-0.4, -0.2) is 40.5 Å². The number of likely N-dealkylation sites (tertiary alicyclic amines) is 1. The van der Waals surface area contributed by atoms with Crippen molar-refractivity contribution in [1.82, 2.24) is 15.2 Å². The number of alkyl halides is 1. The Bertz CT molecular complexity index is 1380. The van der Waals surface area contributed by atoms with E-state index in [0.29, 0.717) is 5.92 Å². The molecule has 0 aliphatic carbocycles. The molecule has 3 aromatic carbocycles. The number of nitrogens with one attached hydrogen (secondary N) is 2. The van der Waals surface area contributed by atoms with Crippen LogP contribution < -0.4 is 5.32 Å². The molecule has 0 unspecified atom stereocenters. The molecule has 1 aliphatic heterocycles. The fraction of sp³-hybridized carbons (Fsp3) is 0.290. The van der Waals surface area contributed by atoms with Crippen molar-refractivity contribution in [3.05, 3.63) is 107 Å². The quantitative estimate of drug-likeness (QED) is 0.345. The lowest BCUT2D eigenvalue weighted by atomic mass is 9.95. The smallest absolute Gasteiger partial charge is 0.243 e. The molecule has 5 rings (SSSR count). The third kappa shape index (κ3) is 5.29. The van der Waals surface area contributed by atoms with Crippen LogP contribution in [0.1, 0.15) is 54.5 Å². The maximum Gasteiger partial charge on any atom is 0.243 e. The molecule has 5 nitrogen and oxygen atoms in total. The van der Waals surface area contributed by atoms with Crippen molar-refractivity contribution in [3.8, 4) is 0 Å². The van der Waals surface area contributed by atoms with Crippen LogP contribution in [0.3, 0.4) is 0 Å². The van der Waals surface area contributed by atoms with E-state index >= 15 is 0 Å². The first-order chi connectivity index (χ1) is 17.9. The second-order valence-corrected chi connectivity index (χ2v) is 10.1. The molecule has 37 heavy (non-hydrogen) atoms. The molecule has 1 aromatic heterocycles. The Morgan fingerprint density at radius 1 is 0.946 bits per heavy atom. The average molecular weight is 498 g/mol. The summed E-state index contributed by atoms with van der Waals surface area (Å²) < 4.78 is 14.6. The molecular weight excluding hydrogens is 465 g/mol. The van der Waals surface area contributed by atoms with Crippen molar-refractivity contribution in [1.29, 1.82) is 0 Å². The molecule has 0 radical (unpaired) electrons. The Morgan fingerprint density at radius 2 is 1.59 bits per heavy atom. The fourth-order valence-electron chi connectivity index (χ4n) is 5.17. The van der Waals surface area contributed by atoms with Gasteiger partial charge in [-0.1, -0.05) is 86.6 Å². The molecule has 0 saturated carbocycles. The first kappa shape index (κ1) is 24.8. The Morgan fingerprint density at radius 3 is 2.32 bits per heavy atom. The first-order valence-electron chi connectivity index (χ1n) is 12.8. The van der Waals surface area contributed by atoms with Crippen molar-refractivity contribution >= 4 is 22.7 Å². The van der Waals surface area contributed by atoms with Gasteiger partial charge in [0.2, 0.25) is 11.8 Å². The summed E-state index contributed by atoms with van der Waals surface area (Å²) in [5.74, 6) is -0.188. The van der Waals surface area contributed by atoms with Crippen LogP contribution in [-0.2, 0) is 16.0 Å². The van der Waals surface area contributed by atoms with Gasteiger partial charge in [0.25, 0.3) is 0 Å². The molecule has 2 heterocycles. The Kier molecular flexibility index (Phi) is 7.08. The van der Waals surface area contributed by atoms with Crippen LogP contribution in [0.4, 0.5) is 4.39 Å². The molecule has 0 spiro atoms. The number of carbonyl (C=O) groups excluding carboxylic acids is 2. The molecule has 1 saturated heterocycles. The predicted molar refractivity (Wildman–Crippen MR) is 144 cm³/mol. The summed E-state index contributed by atoms with van der Waals surface area (Å²) in [4.78, 5) is 31.5. The zero-order chi connectivity index (χ0) is 25.9. The molecule has 4 aromatic rings. The van der Waals surface area contributed by atoms with Gasteiger partial charge in [0, 0.05) is 23.5 Å². The number of hydrogen-bond donors (Lipinski definition) is 2. The number of aromatic amines is 1. The van der Waals surface area contributed by atoms with Gasteiger partial charge in [-0.2, -0.15) is 0 Å². The topological polar surface area (TPSA) is 65.2 Å². The maximum atomic E-state index is 14.6. The second kappa shape index (κ2) is 10.6. The van der Waals surface area contributed by atoms with E-state index in [4.69, 9.17) is 0 Å². The van der Waals surface area contributed by atoms with Crippen molar-refractivity contribution in [2.75, 3.05) is 6.54 Å². The number of halogens is 1. The molecule has 190 valence electrons. The van der Waals surface area contributed by atoms with E-state index in [1.165, 1.54) is 10.5 Å². The van der Waals surface area contributed by atoms with Gasteiger partial charge in [-0.15, -0.1) is 0 Å². The van der Waals surface area contributed by atoms with Crippen LogP contribution in [0.5, 0.6) is 0 Å². The van der Waals surface area contributed by atoms with Gasteiger partial charge in [0.1, 0.15) is 12.2 Å². The van der Waals surface area contributed by atoms with E-state index in [1.807, 2.05) is 72.9 Å². The zero-order valence-corrected chi connectivity index (χ0v) is 21.2. The first-order valence-corrected chi connectivity index (χ1v) is 12.8. The number of para-hydroxylation sites is 1. The number of benzene rings is 3. The molecule has 1 fully saturated rings. The summed E-state index contributed by atoms with van der Waals surface area (Å²) in [6.45, 7) is 4.21. The highest BCUT2D eigenvalue weighted by atomic mass is 19.1. The number of H-pyrrole nitrogens is 1. The Labute approximate surface area is 216 Å². The van der Waals surface area contributed by atoms with Gasteiger partial charge in [0.05, 0.1) is 19.0 Å². The van der Waals surface area contributed by atoms with E-state index in [1.54, 1.807) is 0 Å². The molecule has 1 aliphatic rings. The lowest BCUT2D eigenvalue weighted by molar-refractivity contribution is -0.138. The van der Waals surface area contributed by atoms with Crippen molar-refractivity contribution in [3.63, 3.8) is 0 Å². The van der Waals surface area contributed by atoms with E-state index < -0.39 is 18.3 Å². The maximum absolute atomic E-state index is 14.6. The van der Waals surface area contributed by atoms with Crippen LogP contribution in [0.15, 0.2) is 85.1 Å². The van der Waals surface area contributed by atoms with Gasteiger partial charge in [-0.3, -0.25) is 9.59 Å². The SMILES string of the molecule is CC(C)c1ccc([C@@H](NC(=O)[C@@H]2C[C@@H](F)CN2C(=O)Cc2c[nH]c3ccccc23)c2ccccc2)cc1. The summed E-state index contributed by atoms with van der Waals surface area (Å²) in [5, 5.41) is 4.09. The van der Waals surface area contributed by atoms with Crippen molar-refractivity contribution in [2.45, 2.75) is 50.9 Å². The van der Waals surface area contributed by atoms with E-state index in [2.05, 4.69) is 36.3 Å². The fourth-order valence-corrected chi connectivity index (χ4v) is 5.17. The molecule has 6 heteroatoms. The number of amides is 2. The summed E-state index contributed by atoms with van der Waals surface area (Å²) in [6.07, 6.45) is 0.689. The van der Waals surface area contributed by atoms with Crippen LogP contribution >= 0.6 is 0 Å². The summed E-state index contributed by atoms with van der Waals surface area (Å²) in [5.41, 5.74) is 4.87. The normalized spacial score (nSPS) is 18.3. The number of rotatable bonds is 7. The van der Waals surface area contributed by atoms with Crippen LogP contribution in [0, 0.1) is 0 Å². The minimum Gasteiger partial charge on any atom is -0.361 e. The molecule has 3 atom stereocenters. The van der Waals surface area contributed by atoms with E-state index in [9.17, 15) is 14.0 Å². The second-order valence-electron chi connectivity index (χ2n) is 10.1. The van der Waals surface area contributed by atoms with Gasteiger partial charge >= 0.3 is 0 Å². The third-order valence-electron chi connectivity index (χ3n) is 7.25. The highest BCUT2D eigenvalue weighted by Crippen LogP contribution is 2.28. The molecular formula is C31H32FN3O2. The minimum absolute atomic E-state index is 0.000739. The van der Waals surface area contributed by atoms with E-state index in [0.717, 1.165) is 27.6 Å². The number of carbonyl (C=O) groups is 2. The summed E-state index contributed by atoms with van der Waals surface area (Å²) in [7, 11) is 0. The van der Waals surface area contributed by atoms with Crippen LogP contribution in [0.25, 0.3) is 10.9 Å². The highest BCUT2D eigenvalue weighted by molar-refractivity contribution is 5.92. The third-order valence-corrected chi connectivity index (χ3v) is 7.25. The lowest BCUT2D eigenvalue weighted by Crippen LogP contribution is -2.47. The standard InChI is InChI=1S/C31H32FN3O2/c1-20(2)21-12-14-23(15-13-21)30(22-8-4-3-5-9-22)34-31(37)28-17-25(32)19-35(28)29(36)16-24-18-33-27-11-7-6-10-26(24)27/h3-15,18,20,25,28,30,33H,16-17,19H2,1-2H3,(H,34,37)/t25-,28+,30+/m1/s1. The number of aromatic nitrogens is 1. The molecule has 2 amide bonds. The van der Waals surface area contributed by atoms with Gasteiger partial charge in [-0.25, -0.2) is 4.39 Å². The van der Waals surface area contributed by atoms with Gasteiger partial charge in [-0.05, 0) is 34.2 Å². The number of hydrogen-bond acceptors (Lipinski definition) is 2. The number of fused-ring (bicyclic) bond motifs is 1.